The van der Waals surface area contributed by atoms with E-state index in [1.807, 2.05) is 55.5 Å². The number of aryl methyl sites for hydroxylation is 1. The number of amides is 1. The fourth-order valence-electron chi connectivity index (χ4n) is 2.66. The molecule has 0 heterocycles. The van der Waals surface area contributed by atoms with Gasteiger partial charge in [-0.2, -0.15) is 0 Å². The second-order valence-electron chi connectivity index (χ2n) is 5.91. The highest BCUT2D eigenvalue weighted by molar-refractivity contribution is 6.31. The lowest BCUT2D eigenvalue weighted by molar-refractivity contribution is 0.0944. The zero-order valence-corrected chi connectivity index (χ0v) is 15.5. The molecule has 134 valence electrons. The Labute approximate surface area is 157 Å². The van der Waals surface area contributed by atoms with Gasteiger partial charge in [-0.1, -0.05) is 41.9 Å². The normalized spacial score (nSPS) is 10.6. The van der Waals surface area contributed by atoms with Crippen LogP contribution in [0.1, 0.15) is 15.9 Å². The lowest BCUT2D eigenvalue weighted by Gasteiger charge is -2.12. The average Bonchev–Trinajstić information content (AvgIpc) is 2.66. The summed E-state index contributed by atoms with van der Waals surface area (Å²) in [7, 11) is 1.56. The number of fused-ring (bicyclic) bond motifs is 1. The van der Waals surface area contributed by atoms with Gasteiger partial charge < -0.3 is 14.8 Å². The van der Waals surface area contributed by atoms with Crippen molar-refractivity contribution in [2.45, 2.75) is 6.92 Å². The van der Waals surface area contributed by atoms with Gasteiger partial charge >= 0.3 is 0 Å². The Kier molecular flexibility index (Phi) is 5.64. The summed E-state index contributed by atoms with van der Waals surface area (Å²) in [6, 6.07) is 17.1. The monoisotopic (exact) mass is 369 g/mol. The minimum absolute atomic E-state index is 0.196. The number of benzene rings is 3. The Morgan fingerprint density at radius 1 is 1.08 bits per heavy atom. The molecule has 3 aromatic rings. The van der Waals surface area contributed by atoms with Gasteiger partial charge in [-0.3, -0.25) is 4.79 Å². The molecule has 0 radical (unpaired) electrons. The van der Waals surface area contributed by atoms with E-state index < -0.39 is 0 Å². The van der Waals surface area contributed by atoms with Crippen LogP contribution in [0.3, 0.4) is 0 Å². The third-order valence-corrected chi connectivity index (χ3v) is 4.52. The minimum atomic E-state index is -0.196. The first-order valence-electron chi connectivity index (χ1n) is 8.32. The van der Waals surface area contributed by atoms with Gasteiger partial charge in [0.25, 0.3) is 5.91 Å². The Bertz CT molecular complexity index is 940. The van der Waals surface area contributed by atoms with E-state index >= 15 is 0 Å². The number of nitrogens with one attached hydrogen (secondary N) is 1. The number of methoxy groups -OCH3 is 1. The summed E-state index contributed by atoms with van der Waals surface area (Å²) in [4.78, 5) is 12.5. The van der Waals surface area contributed by atoms with Gasteiger partial charge in [0.05, 0.1) is 19.2 Å². The fourth-order valence-corrected chi connectivity index (χ4v) is 2.83. The molecule has 0 aliphatic rings. The summed E-state index contributed by atoms with van der Waals surface area (Å²) in [5, 5.41) is 5.54. The molecule has 0 atom stereocenters. The zero-order valence-electron chi connectivity index (χ0n) is 14.7. The maximum atomic E-state index is 12.5. The molecular formula is C21H20ClNO3. The van der Waals surface area contributed by atoms with E-state index in [-0.39, 0.29) is 5.91 Å². The summed E-state index contributed by atoms with van der Waals surface area (Å²) < 4.78 is 11.0. The Hall–Kier alpha value is -2.72. The molecule has 0 fully saturated rings. The van der Waals surface area contributed by atoms with Gasteiger partial charge in [-0.25, -0.2) is 0 Å². The van der Waals surface area contributed by atoms with Crippen LogP contribution in [-0.4, -0.2) is 26.2 Å². The highest BCUT2D eigenvalue weighted by atomic mass is 35.5. The molecule has 0 aromatic heterocycles. The summed E-state index contributed by atoms with van der Waals surface area (Å²) >= 11 is 6.07. The molecule has 5 heteroatoms. The first-order chi connectivity index (χ1) is 12.6. The first-order valence-corrected chi connectivity index (χ1v) is 8.70. The summed E-state index contributed by atoms with van der Waals surface area (Å²) in [5.74, 6) is 1.03. The predicted molar refractivity (Wildman–Crippen MR) is 105 cm³/mol. The molecular weight excluding hydrogens is 350 g/mol. The zero-order chi connectivity index (χ0) is 18.5. The van der Waals surface area contributed by atoms with Crippen LogP contribution in [0.25, 0.3) is 10.8 Å². The molecule has 0 bridgehead atoms. The molecule has 1 N–H and O–H groups in total. The van der Waals surface area contributed by atoms with E-state index in [1.54, 1.807) is 13.2 Å². The molecule has 0 aliphatic heterocycles. The molecule has 1 amide bonds. The molecule has 0 aliphatic carbocycles. The second kappa shape index (κ2) is 8.11. The van der Waals surface area contributed by atoms with Crippen molar-refractivity contribution in [3.8, 4) is 11.5 Å². The van der Waals surface area contributed by atoms with Crippen molar-refractivity contribution in [1.29, 1.82) is 0 Å². The van der Waals surface area contributed by atoms with Crippen LogP contribution in [0.2, 0.25) is 5.02 Å². The topological polar surface area (TPSA) is 47.6 Å². The number of carbonyl (C=O) groups is 1. The van der Waals surface area contributed by atoms with E-state index in [2.05, 4.69) is 5.32 Å². The van der Waals surface area contributed by atoms with Crippen LogP contribution in [0, 0.1) is 6.92 Å². The number of hydrogen-bond donors (Lipinski definition) is 1. The van der Waals surface area contributed by atoms with Gasteiger partial charge in [0.15, 0.2) is 0 Å². The van der Waals surface area contributed by atoms with Crippen LogP contribution in [0.4, 0.5) is 0 Å². The van der Waals surface area contributed by atoms with Crippen molar-refractivity contribution in [2.75, 3.05) is 20.3 Å². The van der Waals surface area contributed by atoms with Crippen molar-refractivity contribution in [1.82, 2.24) is 5.32 Å². The highest BCUT2D eigenvalue weighted by Crippen LogP contribution is 2.26. The molecule has 0 saturated heterocycles. The predicted octanol–water partition coefficient (Wildman–Crippen LogP) is 4.62. The largest absolute Gasteiger partial charge is 0.496 e. The van der Waals surface area contributed by atoms with Crippen molar-refractivity contribution in [2.24, 2.45) is 0 Å². The van der Waals surface area contributed by atoms with E-state index in [0.717, 1.165) is 16.3 Å². The van der Waals surface area contributed by atoms with Gasteiger partial charge in [0.1, 0.15) is 18.1 Å². The van der Waals surface area contributed by atoms with Crippen LogP contribution < -0.4 is 14.8 Å². The molecule has 3 rings (SSSR count). The van der Waals surface area contributed by atoms with Crippen LogP contribution >= 0.6 is 11.6 Å². The number of ether oxygens (including phenoxy) is 2. The third-order valence-electron chi connectivity index (χ3n) is 4.11. The standard InChI is InChI=1S/C21H20ClNO3/c1-14-7-8-17(13-19(14)22)26-10-9-23-21(24)18-11-15-5-3-4-6-16(15)12-20(18)25-2/h3-8,11-13H,9-10H2,1-2H3,(H,23,24). The van der Waals surface area contributed by atoms with Crippen LogP contribution in [0.15, 0.2) is 54.6 Å². The van der Waals surface area contributed by atoms with E-state index in [9.17, 15) is 4.79 Å². The number of rotatable bonds is 6. The maximum absolute atomic E-state index is 12.5. The van der Waals surface area contributed by atoms with Crippen molar-refractivity contribution < 1.29 is 14.3 Å². The summed E-state index contributed by atoms with van der Waals surface area (Å²) in [5.41, 5.74) is 1.50. The Morgan fingerprint density at radius 3 is 2.50 bits per heavy atom. The molecule has 0 saturated carbocycles. The quantitative estimate of drug-likeness (QED) is 0.645. The van der Waals surface area contributed by atoms with Crippen LogP contribution in [0.5, 0.6) is 11.5 Å². The van der Waals surface area contributed by atoms with Crippen molar-refractivity contribution in [3.63, 3.8) is 0 Å². The number of carbonyl (C=O) groups excluding carboxylic acids is 1. The fraction of sp³-hybridized carbons (Fsp3) is 0.190. The molecule has 3 aromatic carbocycles. The second-order valence-corrected chi connectivity index (χ2v) is 6.32. The van der Waals surface area contributed by atoms with Gasteiger partial charge in [0, 0.05) is 5.02 Å². The van der Waals surface area contributed by atoms with Gasteiger partial charge in [0.2, 0.25) is 0 Å². The first kappa shape index (κ1) is 18.1. The minimum Gasteiger partial charge on any atom is -0.496 e. The Balaban J connectivity index is 1.62. The lowest BCUT2D eigenvalue weighted by atomic mass is 10.1. The molecule has 0 spiro atoms. The smallest absolute Gasteiger partial charge is 0.255 e. The maximum Gasteiger partial charge on any atom is 0.255 e. The van der Waals surface area contributed by atoms with Crippen molar-refractivity contribution in [3.05, 3.63) is 70.7 Å². The highest BCUT2D eigenvalue weighted by Gasteiger charge is 2.13. The molecule has 4 nitrogen and oxygen atoms in total. The summed E-state index contributed by atoms with van der Waals surface area (Å²) in [6.45, 7) is 2.66. The number of hydrogen-bond acceptors (Lipinski definition) is 3. The van der Waals surface area contributed by atoms with Gasteiger partial charge in [-0.15, -0.1) is 0 Å². The average molecular weight is 370 g/mol. The van der Waals surface area contributed by atoms with Gasteiger partial charge in [-0.05, 0) is 47.5 Å². The van der Waals surface area contributed by atoms with E-state index in [1.165, 1.54) is 0 Å². The van der Waals surface area contributed by atoms with E-state index in [4.69, 9.17) is 21.1 Å². The van der Waals surface area contributed by atoms with Crippen molar-refractivity contribution >= 4 is 28.3 Å². The number of halogens is 1. The summed E-state index contributed by atoms with van der Waals surface area (Å²) in [6.07, 6.45) is 0. The molecule has 26 heavy (non-hydrogen) atoms. The molecule has 0 unspecified atom stereocenters. The SMILES string of the molecule is COc1cc2ccccc2cc1C(=O)NCCOc1ccc(C)c(Cl)c1. The Morgan fingerprint density at radius 2 is 1.81 bits per heavy atom. The van der Waals surface area contributed by atoms with Crippen LogP contribution in [-0.2, 0) is 0 Å². The third kappa shape index (κ3) is 4.09. The van der Waals surface area contributed by atoms with E-state index in [0.29, 0.717) is 35.2 Å². The lowest BCUT2D eigenvalue weighted by Crippen LogP contribution is -2.28.